The van der Waals surface area contributed by atoms with Gasteiger partial charge in [0.05, 0.1) is 37.2 Å². The molecule has 0 saturated heterocycles. The van der Waals surface area contributed by atoms with Crippen molar-refractivity contribution in [1.82, 2.24) is 9.66 Å². The minimum atomic E-state index is -0.351. The topological polar surface area (TPSA) is 69.6 Å². The first kappa shape index (κ1) is 26.4. The van der Waals surface area contributed by atoms with Crippen molar-refractivity contribution in [3.8, 4) is 17.3 Å². The summed E-state index contributed by atoms with van der Waals surface area (Å²) >= 11 is 25.1. The quantitative estimate of drug-likeness (QED) is 0.177. The maximum atomic E-state index is 13.5. The van der Waals surface area contributed by atoms with E-state index in [1.54, 1.807) is 48.5 Å². The lowest BCUT2D eigenvalue weighted by Gasteiger charge is -2.11. The molecule has 40 heavy (non-hydrogen) atoms. The number of hydrogen-bond acceptors (Lipinski definition) is 5. The molecule has 6 aromatic rings. The summed E-state index contributed by atoms with van der Waals surface area (Å²) in [6, 6.07) is 24.9. The predicted octanol–water partition coefficient (Wildman–Crippen LogP) is 8.88. The molecule has 0 unspecified atom stereocenters. The van der Waals surface area contributed by atoms with Gasteiger partial charge in [0.15, 0.2) is 11.5 Å². The van der Waals surface area contributed by atoms with Gasteiger partial charge in [0.2, 0.25) is 5.82 Å². The molecule has 6 nitrogen and oxygen atoms in total. The van der Waals surface area contributed by atoms with Crippen molar-refractivity contribution in [3.05, 3.63) is 127 Å². The summed E-state index contributed by atoms with van der Waals surface area (Å²) in [5.41, 5.74) is 2.20. The highest BCUT2D eigenvalue weighted by Gasteiger charge is 2.17. The summed E-state index contributed by atoms with van der Waals surface area (Å²) in [6.45, 7) is 0.183. The van der Waals surface area contributed by atoms with E-state index < -0.39 is 0 Å². The average molecular weight is 609 g/mol. The van der Waals surface area contributed by atoms with Crippen molar-refractivity contribution in [2.45, 2.75) is 6.61 Å². The molecule has 10 heteroatoms. The number of rotatable bonds is 6. The second-order valence-corrected chi connectivity index (χ2v) is 10.4. The van der Waals surface area contributed by atoms with Crippen molar-refractivity contribution in [2.24, 2.45) is 5.10 Å². The first-order chi connectivity index (χ1) is 19.4. The third-order valence-corrected chi connectivity index (χ3v) is 7.41. The highest BCUT2D eigenvalue weighted by molar-refractivity contribution is 6.42. The van der Waals surface area contributed by atoms with Crippen LogP contribution in [-0.2, 0) is 6.61 Å². The van der Waals surface area contributed by atoms with Crippen LogP contribution in [0.2, 0.25) is 20.1 Å². The summed E-state index contributed by atoms with van der Waals surface area (Å²) in [5, 5.41) is 7.19. The van der Waals surface area contributed by atoms with Gasteiger partial charge in [-0.1, -0.05) is 82.8 Å². The first-order valence-corrected chi connectivity index (χ1v) is 13.5. The summed E-state index contributed by atoms with van der Waals surface area (Å²) in [4.78, 5) is 18.2. The molecule has 6 rings (SSSR count). The van der Waals surface area contributed by atoms with Crippen LogP contribution in [0.5, 0.6) is 5.75 Å². The van der Waals surface area contributed by atoms with Crippen LogP contribution in [0.25, 0.3) is 33.5 Å². The molecule has 198 valence electrons. The zero-order chi connectivity index (χ0) is 27.8. The Balaban J connectivity index is 1.36. The largest absolute Gasteiger partial charge is 0.486 e. The molecule has 0 radical (unpaired) electrons. The Morgan fingerprint density at radius 2 is 1.60 bits per heavy atom. The van der Waals surface area contributed by atoms with E-state index in [0.717, 1.165) is 10.9 Å². The molecule has 2 heterocycles. The fourth-order valence-corrected chi connectivity index (χ4v) is 5.12. The minimum Gasteiger partial charge on any atom is -0.486 e. The summed E-state index contributed by atoms with van der Waals surface area (Å²) < 4.78 is 13.1. The highest BCUT2D eigenvalue weighted by Crippen LogP contribution is 2.35. The number of ether oxygens (including phenoxy) is 1. The molecule has 0 saturated carbocycles. The number of aromatic nitrogens is 2. The number of fused-ring (bicyclic) bond motifs is 2. The molecular weight excluding hydrogens is 592 g/mol. The van der Waals surface area contributed by atoms with Gasteiger partial charge in [-0.25, -0.2) is 4.98 Å². The van der Waals surface area contributed by atoms with Crippen LogP contribution < -0.4 is 10.3 Å². The number of halogens is 4. The van der Waals surface area contributed by atoms with E-state index >= 15 is 0 Å². The third-order valence-electron chi connectivity index (χ3n) is 6.11. The molecule has 0 fully saturated rings. The summed E-state index contributed by atoms with van der Waals surface area (Å²) in [6.07, 6.45) is 1.48. The molecule has 0 aliphatic rings. The Bertz CT molecular complexity index is 1940. The van der Waals surface area contributed by atoms with Crippen LogP contribution >= 0.6 is 46.4 Å². The van der Waals surface area contributed by atoms with Gasteiger partial charge in [-0.15, -0.1) is 0 Å². The van der Waals surface area contributed by atoms with Gasteiger partial charge < -0.3 is 9.15 Å². The fourth-order valence-electron chi connectivity index (χ4n) is 4.18. The van der Waals surface area contributed by atoms with Gasteiger partial charge in [-0.3, -0.25) is 4.79 Å². The van der Waals surface area contributed by atoms with Crippen LogP contribution in [0, 0.1) is 0 Å². The zero-order valence-corrected chi connectivity index (χ0v) is 23.5. The fraction of sp³-hybridized carbons (Fsp3) is 0.0333. The molecule has 0 aliphatic heterocycles. The number of furan rings is 1. The Morgan fingerprint density at radius 3 is 2.38 bits per heavy atom. The molecule has 0 N–H and O–H groups in total. The second-order valence-electron chi connectivity index (χ2n) is 8.81. The SMILES string of the molecule is O=c1c2ccccc2nc(-c2cc3ccccc3o2)n1N=Cc1cc(Cl)c(OCc2ccc(Cl)c(Cl)c2)c(Cl)c1. The molecule has 0 atom stereocenters. The van der Waals surface area contributed by atoms with Gasteiger partial charge in [0, 0.05) is 5.39 Å². The van der Waals surface area contributed by atoms with Crippen molar-refractivity contribution in [1.29, 1.82) is 0 Å². The predicted molar refractivity (Wildman–Crippen MR) is 161 cm³/mol. The Hall–Kier alpha value is -3.81. The molecule has 0 spiro atoms. The highest BCUT2D eigenvalue weighted by atomic mass is 35.5. The van der Waals surface area contributed by atoms with Crippen LogP contribution in [0.15, 0.2) is 99.2 Å². The lowest BCUT2D eigenvalue weighted by molar-refractivity contribution is 0.306. The first-order valence-electron chi connectivity index (χ1n) is 12.0. The van der Waals surface area contributed by atoms with Crippen molar-refractivity contribution in [3.63, 3.8) is 0 Å². The lowest BCUT2D eigenvalue weighted by atomic mass is 10.2. The Kier molecular flexibility index (Phi) is 7.26. The van der Waals surface area contributed by atoms with E-state index in [2.05, 4.69) is 5.10 Å². The van der Waals surface area contributed by atoms with E-state index in [-0.39, 0.29) is 28.0 Å². The minimum absolute atomic E-state index is 0.183. The Labute approximate surface area is 247 Å². The van der Waals surface area contributed by atoms with Crippen molar-refractivity contribution >= 4 is 74.5 Å². The molecule has 0 aliphatic carbocycles. The smallest absolute Gasteiger partial charge is 0.282 e. The lowest BCUT2D eigenvalue weighted by Crippen LogP contribution is -2.20. The number of para-hydroxylation sites is 2. The number of nitrogens with zero attached hydrogens (tertiary/aromatic N) is 3. The summed E-state index contributed by atoms with van der Waals surface area (Å²) in [7, 11) is 0. The van der Waals surface area contributed by atoms with E-state index in [4.69, 9.17) is 60.5 Å². The molecule has 0 amide bonds. The van der Waals surface area contributed by atoms with Gasteiger partial charge in [-0.05, 0) is 59.7 Å². The summed E-state index contributed by atoms with van der Waals surface area (Å²) in [5.74, 6) is 0.970. The van der Waals surface area contributed by atoms with Crippen LogP contribution in [-0.4, -0.2) is 15.9 Å². The number of hydrogen-bond donors (Lipinski definition) is 0. The van der Waals surface area contributed by atoms with Crippen LogP contribution in [0.3, 0.4) is 0 Å². The number of benzene rings is 4. The molecule has 0 bridgehead atoms. The standard InChI is InChI=1S/C30H17Cl4N3O3/c31-21-10-9-17(11-22(21)32)16-39-28-23(33)12-18(13-24(28)34)15-35-37-29(27-14-19-5-1-4-8-26(19)40-27)36-25-7-3-2-6-20(25)30(37)38/h1-15H,16H2. The Morgan fingerprint density at radius 1 is 0.850 bits per heavy atom. The van der Waals surface area contributed by atoms with Gasteiger partial charge in [-0.2, -0.15) is 9.78 Å². The van der Waals surface area contributed by atoms with E-state index in [1.807, 2.05) is 36.4 Å². The van der Waals surface area contributed by atoms with Gasteiger partial charge >= 0.3 is 0 Å². The maximum absolute atomic E-state index is 13.5. The van der Waals surface area contributed by atoms with Gasteiger partial charge in [0.1, 0.15) is 12.2 Å². The normalized spacial score (nSPS) is 11.6. The van der Waals surface area contributed by atoms with E-state index in [1.165, 1.54) is 10.9 Å². The van der Waals surface area contributed by atoms with Crippen molar-refractivity contribution in [2.75, 3.05) is 0 Å². The monoisotopic (exact) mass is 607 g/mol. The maximum Gasteiger partial charge on any atom is 0.282 e. The van der Waals surface area contributed by atoms with Crippen molar-refractivity contribution < 1.29 is 9.15 Å². The van der Waals surface area contributed by atoms with Crippen LogP contribution in [0.4, 0.5) is 0 Å². The van der Waals surface area contributed by atoms with E-state index in [9.17, 15) is 4.79 Å². The molecule has 4 aromatic carbocycles. The van der Waals surface area contributed by atoms with Crippen LogP contribution in [0.1, 0.15) is 11.1 Å². The third kappa shape index (κ3) is 5.19. The second kappa shape index (κ2) is 11.0. The molecule has 2 aromatic heterocycles. The van der Waals surface area contributed by atoms with Gasteiger partial charge in [0.25, 0.3) is 5.56 Å². The zero-order valence-electron chi connectivity index (χ0n) is 20.4. The average Bonchev–Trinajstić information content (AvgIpc) is 3.38. The van der Waals surface area contributed by atoms with E-state index in [0.29, 0.717) is 43.6 Å². The molecular formula is C30H17Cl4N3O3.